The van der Waals surface area contributed by atoms with E-state index in [1.54, 1.807) is 0 Å². The van der Waals surface area contributed by atoms with E-state index in [1.165, 1.54) is 5.69 Å². The van der Waals surface area contributed by atoms with Gasteiger partial charge < -0.3 is 10.2 Å². The first-order valence-corrected chi connectivity index (χ1v) is 3.63. The number of nitrogens with two attached hydrogens (primary N) is 1. The Morgan fingerprint density at radius 3 is 2.91 bits per heavy atom. The zero-order chi connectivity index (χ0) is 7.84. The summed E-state index contributed by atoms with van der Waals surface area (Å²) in [5, 5.41) is 3.15. The van der Waals surface area contributed by atoms with Gasteiger partial charge in [0.25, 0.3) is 0 Å². The van der Waals surface area contributed by atoms with E-state index in [2.05, 4.69) is 11.4 Å². The van der Waals surface area contributed by atoms with Crippen LogP contribution in [0, 0.1) is 0 Å². The summed E-state index contributed by atoms with van der Waals surface area (Å²) in [5.41, 5.74) is 8.02. The van der Waals surface area contributed by atoms with Crippen molar-refractivity contribution in [3.05, 3.63) is 24.3 Å². The zero-order valence-corrected chi connectivity index (χ0v) is 6.41. The maximum absolute atomic E-state index is 5.74. The van der Waals surface area contributed by atoms with Crippen molar-refractivity contribution in [2.24, 2.45) is 5.73 Å². The largest absolute Gasteiger partial charge is 0.351 e. The third kappa shape index (κ3) is 0.851. The van der Waals surface area contributed by atoms with Crippen LogP contribution in [0.1, 0.15) is 0 Å². The van der Waals surface area contributed by atoms with Gasteiger partial charge in [0, 0.05) is 7.05 Å². The molecule has 0 aromatic heterocycles. The summed E-state index contributed by atoms with van der Waals surface area (Å²) in [7, 11) is 1.98. The van der Waals surface area contributed by atoms with Crippen LogP contribution in [0.3, 0.4) is 0 Å². The molecule has 1 unspecified atom stereocenters. The molecule has 11 heavy (non-hydrogen) atoms. The topological polar surface area (TPSA) is 41.3 Å². The number of rotatable bonds is 0. The quantitative estimate of drug-likeness (QED) is 0.573. The summed E-state index contributed by atoms with van der Waals surface area (Å²) in [5.74, 6) is 0. The summed E-state index contributed by atoms with van der Waals surface area (Å²) in [6.07, 6.45) is -0.0765. The fraction of sp³-hybridized carbons (Fsp3) is 0.250. The van der Waals surface area contributed by atoms with Crippen molar-refractivity contribution in [2.75, 3.05) is 17.3 Å². The third-order valence-electron chi connectivity index (χ3n) is 2.00. The summed E-state index contributed by atoms with van der Waals surface area (Å²) in [6, 6.07) is 8.08. The summed E-state index contributed by atoms with van der Waals surface area (Å²) >= 11 is 0. The summed E-state index contributed by atoms with van der Waals surface area (Å²) in [4.78, 5) is 2.01. The molecule has 0 spiro atoms. The van der Waals surface area contributed by atoms with E-state index in [1.807, 2.05) is 30.1 Å². The van der Waals surface area contributed by atoms with Gasteiger partial charge in [-0.15, -0.1) is 0 Å². The Balaban J connectivity index is 2.47. The molecule has 58 valence electrons. The lowest BCUT2D eigenvalue weighted by Crippen LogP contribution is -2.40. The van der Waals surface area contributed by atoms with Gasteiger partial charge in [0.15, 0.2) is 6.29 Å². The molecule has 1 atom stereocenters. The van der Waals surface area contributed by atoms with E-state index in [4.69, 9.17) is 5.73 Å². The maximum Gasteiger partial charge on any atom is 0.152 e. The second kappa shape index (κ2) is 2.13. The lowest BCUT2D eigenvalue weighted by atomic mass is 10.3. The smallest absolute Gasteiger partial charge is 0.152 e. The highest BCUT2D eigenvalue weighted by atomic mass is 15.4. The molecular formula is C8H11N3. The molecule has 2 rings (SSSR count). The minimum Gasteiger partial charge on any atom is -0.351 e. The van der Waals surface area contributed by atoms with Crippen LogP contribution in [0.5, 0.6) is 0 Å². The number of fused-ring (bicyclic) bond motifs is 1. The number of hydrogen-bond acceptors (Lipinski definition) is 3. The molecule has 1 aliphatic heterocycles. The Morgan fingerprint density at radius 1 is 1.45 bits per heavy atom. The number of hydrogen-bond donors (Lipinski definition) is 2. The van der Waals surface area contributed by atoms with Crippen LogP contribution in [0.25, 0.3) is 0 Å². The average Bonchev–Trinajstić information content (AvgIpc) is 2.30. The van der Waals surface area contributed by atoms with Gasteiger partial charge in [0.05, 0.1) is 11.4 Å². The molecule has 0 fully saturated rings. The van der Waals surface area contributed by atoms with Gasteiger partial charge >= 0.3 is 0 Å². The van der Waals surface area contributed by atoms with Crippen LogP contribution in [0.15, 0.2) is 24.3 Å². The van der Waals surface area contributed by atoms with Gasteiger partial charge in [-0.1, -0.05) is 12.1 Å². The highest BCUT2D eigenvalue weighted by Gasteiger charge is 2.20. The van der Waals surface area contributed by atoms with Crippen molar-refractivity contribution in [3.8, 4) is 0 Å². The molecule has 0 radical (unpaired) electrons. The molecule has 1 heterocycles. The second-order valence-electron chi connectivity index (χ2n) is 2.72. The Labute approximate surface area is 65.8 Å². The Hall–Kier alpha value is -1.22. The van der Waals surface area contributed by atoms with Crippen LogP contribution in [-0.2, 0) is 0 Å². The zero-order valence-electron chi connectivity index (χ0n) is 6.41. The van der Waals surface area contributed by atoms with E-state index in [-0.39, 0.29) is 6.29 Å². The predicted octanol–water partition coefficient (Wildman–Crippen LogP) is 0.791. The van der Waals surface area contributed by atoms with E-state index >= 15 is 0 Å². The molecule has 0 aliphatic carbocycles. The molecule has 1 aromatic carbocycles. The molecule has 0 saturated heterocycles. The highest BCUT2D eigenvalue weighted by molar-refractivity contribution is 5.75. The SMILES string of the molecule is CN1c2ccccc2NC1N. The van der Waals surface area contributed by atoms with Crippen LogP contribution in [-0.4, -0.2) is 13.3 Å². The maximum atomic E-state index is 5.74. The number of nitrogens with one attached hydrogen (secondary N) is 1. The van der Waals surface area contributed by atoms with Gasteiger partial charge in [-0.3, -0.25) is 5.73 Å². The van der Waals surface area contributed by atoms with Crippen molar-refractivity contribution in [2.45, 2.75) is 6.29 Å². The molecule has 1 aliphatic rings. The number of nitrogens with zero attached hydrogens (tertiary/aromatic N) is 1. The monoisotopic (exact) mass is 149 g/mol. The fourth-order valence-electron chi connectivity index (χ4n) is 1.31. The van der Waals surface area contributed by atoms with Gasteiger partial charge in [-0.05, 0) is 12.1 Å². The summed E-state index contributed by atoms with van der Waals surface area (Å²) < 4.78 is 0. The summed E-state index contributed by atoms with van der Waals surface area (Å²) in [6.45, 7) is 0. The molecule has 1 aromatic rings. The van der Waals surface area contributed by atoms with E-state index in [9.17, 15) is 0 Å². The minimum absolute atomic E-state index is 0.0765. The van der Waals surface area contributed by atoms with Crippen LogP contribution in [0.2, 0.25) is 0 Å². The standard InChI is InChI=1S/C8H11N3/c1-11-7-5-3-2-4-6(7)10-8(11)9/h2-5,8,10H,9H2,1H3. The van der Waals surface area contributed by atoms with Crippen LogP contribution >= 0.6 is 0 Å². The molecular weight excluding hydrogens is 138 g/mol. The van der Waals surface area contributed by atoms with E-state index in [0.29, 0.717) is 0 Å². The van der Waals surface area contributed by atoms with Gasteiger partial charge in [-0.25, -0.2) is 0 Å². The van der Waals surface area contributed by atoms with Gasteiger partial charge in [0.1, 0.15) is 0 Å². The van der Waals surface area contributed by atoms with Crippen LogP contribution < -0.4 is 16.0 Å². The van der Waals surface area contributed by atoms with Crippen LogP contribution in [0.4, 0.5) is 11.4 Å². The Kier molecular flexibility index (Phi) is 1.26. The van der Waals surface area contributed by atoms with Crippen molar-refractivity contribution in [1.29, 1.82) is 0 Å². The lowest BCUT2D eigenvalue weighted by Gasteiger charge is -2.16. The first-order valence-electron chi connectivity index (χ1n) is 3.63. The highest BCUT2D eigenvalue weighted by Crippen LogP contribution is 2.30. The average molecular weight is 149 g/mol. The van der Waals surface area contributed by atoms with Crippen molar-refractivity contribution < 1.29 is 0 Å². The molecule has 0 amide bonds. The second-order valence-corrected chi connectivity index (χ2v) is 2.72. The van der Waals surface area contributed by atoms with E-state index < -0.39 is 0 Å². The Morgan fingerprint density at radius 2 is 2.18 bits per heavy atom. The van der Waals surface area contributed by atoms with E-state index in [0.717, 1.165) is 5.69 Å². The lowest BCUT2D eigenvalue weighted by molar-refractivity contribution is 0.769. The van der Waals surface area contributed by atoms with Crippen molar-refractivity contribution in [1.82, 2.24) is 0 Å². The molecule has 3 N–H and O–H groups in total. The number of para-hydroxylation sites is 2. The molecule has 3 heteroatoms. The normalized spacial score (nSPS) is 21.3. The molecule has 0 bridgehead atoms. The number of benzene rings is 1. The first kappa shape index (κ1) is 6.49. The van der Waals surface area contributed by atoms with Gasteiger partial charge in [0.2, 0.25) is 0 Å². The first-order chi connectivity index (χ1) is 5.29. The molecule has 0 saturated carbocycles. The Bertz CT molecular complexity index is 272. The number of anilines is 2. The molecule has 3 nitrogen and oxygen atoms in total. The minimum atomic E-state index is -0.0765. The van der Waals surface area contributed by atoms with Crippen molar-refractivity contribution >= 4 is 11.4 Å². The van der Waals surface area contributed by atoms with Crippen molar-refractivity contribution in [3.63, 3.8) is 0 Å². The fourth-order valence-corrected chi connectivity index (χ4v) is 1.31. The van der Waals surface area contributed by atoms with Gasteiger partial charge in [-0.2, -0.15) is 0 Å². The third-order valence-corrected chi connectivity index (χ3v) is 2.00. The predicted molar refractivity (Wildman–Crippen MR) is 46.4 cm³/mol.